The predicted octanol–water partition coefficient (Wildman–Crippen LogP) is 3.78. The molecule has 0 N–H and O–H groups in total. The Bertz CT molecular complexity index is 668. The highest BCUT2D eigenvalue weighted by molar-refractivity contribution is 5.69. The van der Waals surface area contributed by atoms with Crippen molar-refractivity contribution in [3.05, 3.63) is 29.3 Å². The van der Waals surface area contributed by atoms with Gasteiger partial charge in [-0.2, -0.15) is 0 Å². The van der Waals surface area contributed by atoms with Gasteiger partial charge in [0.05, 0.1) is 7.11 Å². The van der Waals surface area contributed by atoms with Crippen LogP contribution in [0.25, 0.3) is 0 Å². The van der Waals surface area contributed by atoms with E-state index < -0.39 is 0 Å². The van der Waals surface area contributed by atoms with E-state index in [0.29, 0.717) is 12.3 Å². The van der Waals surface area contributed by atoms with Gasteiger partial charge in [-0.3, -0.25) is 9.59 Å². The molecule has 0 spiro atoms. The van der Waals surface area contributed by atoms with Gasteiger partial charge in [-0.15, -0.1) is 0 Å². The largest absolute Gasteiger partial charge is 0.489 e. The van der Waals surface area contributed by atoms with E-state index in [1.54, 1.807) is 0 Å². The molecule has 0 bridgehead atoms. The van der Waals surface area contributed by atoms with Crippen LogP contribution in [0.1, 0.15) is 63.0 Å². The summed E-state index contributed by atoms with van der Waals surface area (Å²) < 4.78 is 16.6. The van der Waals surface area contributed by atoms with Gasteiger partial charge in [0, 0.05) is 37.2 Å². The Morgan fingerprint density at radius 2 is 2.12 bits per heavy atom. The smallest absolute Gasteiger partial charge is 0.305 e. The summed E-state index contributed by atoms with van der Waals surface area (Å²) in [6, 6.07) is 6.29. The molecule has 3 rings (SSSR count). The normalized spacial score (nSPS) is 26.0. The van der Waals surface area contributed by atoms with E-state index in [2.05, 4.69) is 25.1 Å². The average Bonchev–Trinajstić information content (AvgIpc) is 3.12. The van der Waals surface area contributed by atoms with Gasteiger partial charge < -0.3 is 14.2 Å². The molecule has 1 aromatic rings. The van der Waals surface area contributed by atoms with Crippen LogP contribution >= 0.6 is 0 Å². The summed E-state index contributed by atoms with van der Waals surface area (Å²) in [5.74, 6) is 1.18. The van der Waals surface area contributed by atoms with Crippen LogP contribution < -0.4 is 4.74 Å². The highest BCUT2D eigenvalue weighted by Crippen LogP contribution is 2.53. The molecule has 0 aromatic heterocycles. The Labute approximate surface area is 155 Å². The van der Waals surface area contributed by atoms with Crippen LogP contribution in [-0.2, 0) is 25.5 Å². The first kappa shape index (κ1) is 18.7. The number of methoxy groups -OCH3 is 1. The van der Waals surface area contributed by atoms with Crippen LogP contribution in [-0.4, -0.2) is 31.3 Å². The van der Waals surface area contributed by atoms with Gasteiger partial charge in [0.1, 0.15) is 18.0 Å². The van der Waals surface area contributed by atoms with Gasteiger partial charge in [-0.05, 0) is 24.8 Å². The number of aryl methyl sites for hydroxylation is 1. The van der Waals surface area contributed by atoms with E-state index in [1.807, 2.05) is 0 Å². The minimum absolute atomic E-state index is 0.0569. The highest BCUT2D eigenvalue weighted by Gasteiger charge is 2.51. The molecule has 2 aliphatic rings. The molecule has 5 nitrogen and oxygen atoms in total. The molecule has 5 heteroatoms. The van der Waals surface area contributed by atoms with Gasteiger partial charge in [-0.25, -0.2) is 0 Å². The first-order chi connectivity index (χ1) is 12.5. The van der Waals surface area contributed by atoms with Gasteiger partial charge >= 0.3 is 11.9 Å². The SMILES string of the molecule is CCCC1[C@H]2c3cccc(CCCC(=O)OC)c3O[C@H]2C[C@H]1OC(C)=O. The standard InChI is InChI=1S/C21H28O5/c1-4-7-15-17(25-13(2)22)12-18-20(15)16-10-5-8-14(21(16)26-18)9-6-11-19(23)24-3/h5,8,10,15,17-18,20H,4,6-7,9,11-12H2,1-3H3/t15?,17-,18+,20+/m1/s1. The minimum Gasteiger partial charge on any atom is -0.489 e. The summed E-state index contributed by atoms with van der Waals surface area (Å²) in [6.07, 6.45) is 4.81. The van der Waals surface area contributed by atoms with Crippen molar-refractivity contribution in [3.8, 4) is 5.75 Å². The van der Waals surface area contributed by atoms with Crippen LogP contribution in [0.5, 0.6) is 5.75 Å². The average molecular weight is 360 g/mol. The predicted molar refractivity (Wildman–Crippen MR) is 97.1 cm³/mol. The summed E-state index contributed by atoms with van der Waals surface area (Å²) >= 11 is 0. The Kier molecular flexibility index (Phi) is 5.84. The highest BCUT2D eigenvalue weighted by atomic mass is 16.5. The number of rotatable bonds is 7. The number of esters is 2. The molecule has 1 aromatic carbocycles. The molecular formula is C21H28O5. The van der Waals surface area contributed by atoms with Crippen molar-refractivity contribution in [2.24, 2.45) is 5.92 Å². The summed E-state index contributed by atoms with van der Waals surface area (Å²) in [4.78, 5) is 22.8. The molecule has 142 valence electrons. The zero-order chi connectivity index (χ0) is 18.7. The van der Waals surface area contributed by atoms with Crippen molar-refractivity contribution < 1.29 is 23.8 Å². The summed E-state index contributed by atoms with van der Waals surface area (Å²) in [6.45, 7) is 3.64. The fraction of sp³-hybridized carbons (Fsp3) is 0.619. The number of fused-ring (bicyclic) bond motifs is 3. The van der Waals surface area contributed by atoms with Crippen molar-refractivity contribution in [2.75, 3.05) is 7.11 Å². The molecule has 1 aliphatic carbocycles. The third-order valence-electron chi connectivity index (χ3n) is 5.55. The maximum absolute atomic E-state index is 11.5. The summed E-state index contributed by atoms with van der Waals surface area (Å²) in [5.41, 5.74) is 2.39. The van der Waals surface area contributed by atoms with Crippen molar-refractivity contribution in [2.45, 2.75) is 70.5 Å². The minimum atomic E-state index is -0.215. The second kappa shape index (κ2) is 8.11. The van der Waals surface area contributed by atoms with Crippen LogP contribution in [0.4, 0.5) is 0 Å². The third kappa shape index (κ3) is 3.71. The molecule has 26 heavy (non-hydrogen) atoms. The monoisotopic (exact) mass is 360 g/mol. The number of carbonyl (C=O) groups excluding carboxylic acids is 2. The second-order valence-electron chi connectivity index (χ2n) is 7.28. The molecule has 1 saturated carbocycles. The van der Waals surface area contributed by atoms with Crippen LogP contribution in [0.15, 0.2) is 18.2 Å². The Hall–Kier alpha value is -2.04. The van der Waals surface area contributed by atoms with Crippen LogP contribution in [0, 0.1) is 5.92 Å². The first-order valence-electron chi connectivity index (χ1n) is 9.57. The molecule has 1 heterocycles. The number of para-hydroxylation sites is 1. The van der Waals surface area contributed by atoms with Crippen molar-refractivity contribution in [1.29, 1.82) is 0 Å². The Morgan fingerprint density at radius 3 is 2.81 bits per heavy atom. The van der Waals surface area contributed by atoms with E-state index in [9.17, 15) is 9.59 Å². The Balaban J connectivity index is 1.77. The zero-order valence-corrected chi connectivity index (χ0v) is 15.8. The van der Waals surface area contributed by atoms with Gasteiger partial charge in [0.2, 0.25) is 0 Å². The van der Waals surface area contributed by atoms with Gasteiger partial charge in [0.15, 0.2) is 0 Å². The molecule has 0 saturated heterocycles. The lowest BCUT2D eigenvalue weighted by Crippen LogP contribution is -2.23. The number of carbonyl (C=O) groups is 2. The third-order valence-corrected chi connectivity index (χ3v) is 5.55. The lowest BCUT2D eigenvalue weighted by molar-refractivity contribution is -0.148. The fourth-order valence-electron chi connectivity index (χ4n) is 4.54. The van der Waals surface area contributed by atoms with Gasteiger partial charge in [0.25, 0.3) is 0 Å². The summed E-state index contributed by atoms with van der Waals surface area (Å²) in [5, 5.41) is 0. The first-order valence-corrected chi connectivity index (χ1v) is 9.57. The van der Waals surface area contributed by atoms with Crippen molar-refractivity contribution in [1.82, 2.24) is 0 Å². The summed E-state index contributed by atoms with van der Waals surface area (Å²) in [7, 11) is 1.42. The maximum atomic E-state index is 11.5. The van der Waals surface area contributed by atoms with Gasteiger partial charge in [-0.1, -0.05) is 31.5 Å². The van der Waals surface area contributed by atoms with Crippen molar-refractivity contribution in [3.63, 3.8) is 0 Å². The van der Waals surface area contributed by atoms with Crippen LogP contribution in [0.3, 0.4) is 0 Å². The lowest BCUT2D eigenvalue weighted by Gasteiger charge is -2.23. The quantitative estimate of drug-likeness (QED) is 0.693. The number of hydrogen-bond donors (Lipinski definition) is 0. The number of ether oxygens (including phenoxy) is 3. The van der Waals surface area contributed by atoms with E-state index in [1.165, 1.54) is 19.6 Å². The lowest BCUT2D eigenvalue weighted by atomic mass is 9.84. The molecule has 1 fully saturated rings. The molecule has 0 amide bonds. The second-order valence-corrected chi connectivity index (χ2v) is 7.28. The molecule has 0 radical (unpaired) electrons. The van der Waals surface area contributed by atoms with E-state index in [4.69, 9.17) is 14.2 Å². The van der Waals surface area contributed by atoms with E-state index >= 15 is 0 Å². The van der Waals surface area contributed by atoms with E-state index in [0.717, 1.165) is 43.4 Å². The van der Waals surface area contributed by atoms with Crippen LogP contribution in [0.2, 0.25) is 0 Å². The maximum Gasteiger partial charge on any atom is 0.305 e. The van der Waals surface area contributed by atoms with E-state index in [-0.39, 0.29) is 30.1 Å². The molecular weight excluding hydrogens is 332 g/mol. The number of benzene rings is 1. The zero-order valence-electron chi connectivity index (χ0n) is 15.8. The number of hydrogen-bond acceptors (Lipinski definition) is 5. The molecule has 1 unspecified atom stereocenters. The topological polar surface area (TPSA) is 61.8 Å². The van der Waals surface area contributed by atoms with Crippen molar-refractivity contribution >= 4 is 11.9 Å². The Morgan fingerprint density at radius 1 is 1.31 bits per heavy atom. The molecule has 1 aliphatic heterocycles. The fourth-order valence-corrected chi connectivity index (χ4v) is 4.54. The molecule has 4 atom stereocenters.